The lowest BCUT2D eigenvalue weighted by molar-refractivity contribution is 0.578. The number of aliphatic imine (C=N–C) groups is 1. The molecule has 0 bridgehead atoms. The first-order valence-electron chi connectivity index (χ1n) is 8.44. The Morgan fingerprint density at radius 3 is 2.46 bits per heavy atom. The van der Waals surface area contributed by atoms with Crippen LogP contribution in [0.4, 0.5) is 5.69 Å². The summed E-state index contributed by atoms with van der Waals surface area (Å²) in [6.45, 7) is 3.80. The molecule has 0 saturated heterocycles. The zero-order valence-corrected chi connectivity index (χ0v) is 14.9. The number of nitrogens with zero attached hydrogens (tertiary/aromatic N) is 3. The fourth-order valence-electron chi connectivity index (χ4n) is 3.18. The molecule has 0 spiro atoms. The van der Waals surface area contributed by atoms with Gasteiger partial charge in [0.1, 0.15) is 11.3 Å². The van der Waals surface area contributed by atoms with Crippen molar-refractivity contribution in [3.63, 3.8) is 0 Å². The van der Waals surface area contributed by atoms with E-state index >= 15 is 0 Å². The fourth-order valence-corrected chi connectivity index (χ4v) is 3.18. The largest absolute Gasteiger partial charge is 0.461 e. The lowest BCUT2D eigenvalue weighted by Gasteiger charge is -2.07. The van der Waals surface area contributed by atoms with Gasteiger partial charge in [-0.2, -0.15) is 0 Å². The van der Waals surface area contributed by atoms with Gasteiger partial charge in [-0.1, -0.05) is 36.4 Å². The van der Waals surface area contributed by atoms with Crippen LogP contribution in [0.1, 0.15) is 17.0 Å². The number of hydrogen-bond acceptors (Lipinski definition) is 3. The van der Waals surface area contributed by atoms with E-state index in [1.807, 2.05) is 80.2 Å². The Morgan fingerprint density at radius 2 is 1.69 bits per heavy atom. The van der Waals surface area contributed by atoms with E-state index in [9.17, 15) is 4.79 Å². The van der Waals surface area contributed by atoms with Crippen LogP contribution in [0.5, 0.6) is 0 Å². The Kier molecular flexibility index (Phi) is 3.84. The molecule has 0 amide bonds. The average Bonchev–Trinajstić information content (AvgIpc) is 3.08. The number of hydrogen-bond donors (Lipinski definition) is 0. The molecular weight excluding hydrogens is 326 g/mol. The first kappa shape index (κ1) is 16.1. The Bertz CT molecular complexity index is 1180. The van der Waals surface area contributed by atoms with Crippen molar-refractivity contribution >= 4 is 22.9 Å². The summed E-state index contributed by atoms with van der Waals surface area (Å²) >= 11 is 0. The minimum absolute atomic E-state index is 0.141. The molecule has 0 aliphatic carbocycles. The summed E-state index contributed by atoms with van der Waals surface area (Å²) in [5, 5.41) is 0.991. The van der Waals surface area contributed by atoms with Gasteiger partial charge in [-0.05, 0) is 32.0 Å². The Labute approximate surface area is 150 Å². The quantitative estimate of drug-likeness (QED) is 0.520. The van der Waals surface area contributed by atoms with Crippen LogP contribution >= 0.6 is 0 Å². The van der Waals surface area contributed by atoms with E-state index in [-0.39, 0.29) is 5.56 Å². The SMILES string of the molecule is Cc1oc2ccccc2c1C=Nc1c(C)n(C)n(-c2ccccc2)c1=O. The van der Waals surface area contributed by atoms with Crippen LogP contribution < -0.4 is 5.56 Å². The second-order valence-electron chi connectivity index (χ2n) is 6.24. The van der Waals surface area contributed by atoms with Crippen LogP contribution in [0.3, 0.4) is 0 Å². The fraction of sp³-hybridized carbons (Fsp3) is 0.143. The molecule has 0 radical (unpaired) electrons. The first-order valence-corrected chi connectivity index (χ1v) is 8.44. The molecule has 0 fully saturated rings. The van der Waals surface area contributed by atoms with E-state index in [4.69, 9.17) is 4.42 Å². The van der Waals surface area contributed by atoms with Crippen LogP contribution in [0, 0.1) is 13.8 Å². The predicted octanol–water partition coefficient (Wildman–Crippen LogP) is 4.29. The van der Waals surface area contributed by atoms with Gasteiger partial charge in [0, 0.05) is 24.2 Å². The highest BCUT2D eigenvalue weighted by atomic mass is 16.3. The molecule has 0 aliphatic heterocycles. The van der Waals surface area contributed by atoms with Crippen molar-refractivity contribution in [2.75, 3.05) is 0 Å². The summed E-state index contributed by atoms with van der Waals surface area (Å²) in [4.78, 5) is 17.5. The topological polar surface area (TPSA) is 52.4 Å². The summed E-state index contributed by atoms with van der Waals surface area (Å²) < 4.78 is 9.22. The van der Waals surface area contributed by atoms with E-state index in [0.29, 0.717) is 5.69 Å². The van der Waals surface area contributed by atoms with Gasteiger partial charge in [-0.25, -0.2) is 9.67 Å². The summed E-state index contributed by atoms with van der Waals surface area (Å²) in [5.41, 5.74) is 3.63. The van der Waals surface area contributed by atoms with Crippen LogP contribution in [0.25, 0.3) is 16.7 Å². The second-order valence-corrected chi connectivity index (χ2v) is 6.24. The van der Waals surface area contributed by atoms with Crippen molar-refractivity contribution in [3.8, 4) is 5.69 Å². The summed E-state index contributed by atoms with van der Waals surface area (Å²) in [6, 6.07) is 17.4. The Balaban J connectivity index is 1.83. The van der Waals surface area contributed by atoms with Gasteiger partial charge in [0.25, 0.3) is 5.56 Å². The van der Waals surface area contributed by atoms with Gasteiger partial charge >= 0.3 is 0 Å². The van der Waals surface area contributed by atoms with E-state index < -0.39 is 0 Å². The third-order valence-corrected chi connectivity index (χ3v) is 4.67. The molecule has 2 aromatic carbocycles. The lowest BCUT2D eigenvalue weighted by atomic mass is 10.1. The first-order chi connectivity index (χ1) is 12.6. The molecule has 2 heterocycles. The van der Waals surface area contributed by atoms with Crippen LogP contribution in [-0.2, 0) is 7.05 Å². The Morgan fingerprint density at radius 1 is 1.00 bits per heavy atom. The van der Waals surface area contributed by atoms with Crippen molar-refractivity contribution < 1.29 is 4.42 Å². The van der Waals surface area contributed by atoms with Crippen LogP contribution in [-0.4, -0.2) is 15.6 Å². The number of para-hydroxylation sites is 2. The zero-order valence-electron chi connectivity index (χ0n) is 14.9. The van der Waals surface area contributed by atoms with E-state index in [1.165, 1.54) is 0 Å². The van der Waals surface area contributed by atoms with Crippen molar-refractivity contribution in [2.45, 2.75) is 13.8 Å². The average molecular weight is 345 g/mol. The smallest absolute Gasteiger partial charge is 0.297 e. The third-order valence-electron chi connectivity index (χ3n) is 4.67. The molecule has 4 aromatic rings. The van der Waals surface area contributed by atoms with Gasteiger partial charge in [0.15, 0.2) is 5.69 Å². The maximum absolute atomic E-state index is 12.9. The van der Waals surface area contributed by atoms with Crippen molar-refractivity contribution in [3.05, 3.63) is 82.0 Å². The number of rotatable bonds is 3. The highest BCUT2D eigenvalue weighted by molar-refractivity contribution is 6.00. The number of aryl methyl sites for hydroxylation is 1. The monoisotopic (exact) mass is 345 g/mol. The summed E-state index contributed by atoms with van der Waals surface area (Å²) in [5.74, 6) is 0.784. The van der Waals surface area contributed by atoms with Gasteiger partial charge in [-0.15, -0.1) is 0 Å². The highest BCUT2D eigenvalue weighted by Crippen LogP contribution is 2.24. The number of fused-ring (bicyclic) bond motifs is 1. The van der Waals surface area contributed by atoms with E-state index in [2.05, 4.69) is 4.99 Å². The normalized spacial score (nSPS) is 11.7. The number of aromatic nitrogens is 2. The lowest BCUT2D eigenvalue weighted by Crippen LogP contribution is -2.19. The molecule has 4 rings (SSSR count). The third kappa shape index (κ3) is 2.49. The molecule has 0 atom stereocenters. The molecule has 5 nitrogen and oxygen atoms in total. The van der Waals surface area contributed by atoms with Gasteiger partial charge in [0.2, 0.25) is 0 Å². The molecule has 0 saturated carbocycles. The standard InChI is InChI=1S/C21H19N3O2/c1-14-20(21(25)24(23(14)3)16-9-5-4-6-10-16)22-13-18-15(2)26-19-12-8-7-11-17(18)19/h4-13H,1-3H3. The van der Waals surface area contributed by atoms with E-state index in [1.54, 1.807) is 10.9 Å². The van der Waals surface area contributed by atoms with E-state index in [0.717, 1.165) is 33.7 Å². The second kappa shape index (κ2) is 6.19. The number of furan rings is 1. The van der Waals surface area contributed by atoms with Crippen molar-refractivity contribution in [2.24, 2.45) is 12.0 Å². The minimum atomic E-state index is -0.141. The summed E-state index contributed by atoms with van der Waals surface area (Å²) in [7, 11) is 1.86. The molecule has 26 heavy (non-hydrogen) atoms. The molecule has 130 valence electrons. The minimum Gasteiger partial charge on any atom is -0.461 e. The van der Waals surface area contributed by atoms with Crippen LogP contribution in [0.15, 0.2) is 68.8 Å². The highest BCUT2D eigenvalue weighted by Gasteiger charge is 2.15. The maximum Gasteiger partial charge on any atom is 0.297 e. The number of benzene rings is 2. The van der Waals surface area contributed by atoms with Gasteiger partial charge in [0.05, 0.1) is 11.4 Å². The zero-order chi connectivity index (χ0) is 18.3. The molecule has 2 aromatic heterocycles. The molecule has 5 heteroatoms. The predicted molar refractivity (Wildman–Crippen MR) is 104 cm³/mol. The van der Waals surface area contributed by atoms with Gasteiger partial charge < -0.3 is 4.42 Å². The molecule has 0 N–H and O–H groups in total. The Hall–Kier alpha value is -3.34. The molecule has 0 aliphatic rings. The molecular formula is C21H19N3O2. The summed E-state index contributed by atoms with van der Waals surface area (Å²) in [6.07, 6.45) is 1.72. The van der Waals surface area contributed by atoms with Gasteiger partial charge in [-0.3, -0.25) is 9.48 Å². The van der Waals surface area contributed by atoms with Crippen molar-refractivity contribution in [1.82, 2.24) is 9.36 Å². The molecule has 0 unspecified atom stereocenters. The maximum atomic E-state index is 12.9. The van der Waals surface area contributed by atoms with Crippen molar-refractivity contribution in [1.29, 1.82) is 0 Å². The van der Waals surface area contributed by atoms with Crippen LogP contribution in [0.2, 0.25) is 0 Å².